The second-order valence-corrected chi connectivity index (χ2v) is 5.39. The van der Waals surface area contributed by atoms with Gasteiger partial charge in [0.25, 0.3) is 0 Å². The predicted octanol–water partition coefficient (Wildman–Crippen LogP) is 4.57. The molecule has 4 nitrogen and oxygen atoms in total. The topological polar surface area (TPSA) is 43.4 Å². The van der Waals surface area contributed by atoms with Gasteiger partial charge in [-0.3, -0.25) is 0 Å². The molecule has 0 radical (unpaired) electrons. The Morgan fingerprint density at radius 1 is 1.15 bits per heavy atom. The van der Waals surface area contributed by atoms with E-state index in [1.165, 1.54) is 0 Å². The highest BCUT2D eigenvalue weighted by Crippen LogP contribution is 2.37. The summed E-state index contributed by atoms with van der Waals surface area (Å²) in [7, 11) is 3.16. The molecule has 1 N–H and O–H groups in total. The lowest BCUT2D eigenvalue weighted by molar-refractivity contribution is 0.405. The number of nitrogens with zero attached hydrogens (tertiary/aromatic N) is 1. The zero-order chi connectivity index (χ0) is 14.7. The monoisotopic (exact) mass is 356 g/mol. The summed E-state index contributed by atoms with van der Waals surface area (Å²) in [4.78, 5) is 4.30. The maximum Gasteiger partial charge on any atom is 0.144 e. The zero-order valence-electron chi connectivity index (χ0n) is 11.3. The first kappa shape index (κ1) is 14.9. The highest BCUT2D eigenvalue weighted by atomic mass is 79.9. The number of aromatic nitrogens is 1. The maximum atomic E-state index is 6.07. The van der Waals surface area contributed by atoms with Crippen LogP contribution in [0.1, 0.15) is 5.56 Å². The highest BCUT2D eigenvalue weighted by Gasteiger charge is 2.11. The van der Waals surface area contributed by atoms with Crippen molar-refractivity contribution < 1.29 is 9.47 Å². The molecule has 1 aromatic heterocycles. The Balaban J connectivity index is 2.38. The molecule has 0 fully saturated rings. The van der Waals surface area contributed by atoms with Gasteiger partial charge < -0.3 is 14.8 Å². The van der Waals surface area contributed by atoms with E-state index in [9.17, 15) is 0 Å². The summed E-state index contributed by atoms with van der Waals surface area (Å²) in [5.74, 6) is 1.91. The molecule has 0 bridgehead atoms. The van der Waals surface area contributed by atoms with Crippen LogP contribution in [0.15, 0.2) is 28.9 Å². The van der Waals surface area contributed by atoms with Crippen molar-refractivity contribution in [3.05, 3.63) is 39.5 Å². The molecule has 0 aliphatic rings. The van der Waals surface area contributed by atoms with E-state index in [0.29, 0.717) is 22.3 Å². The van der Waals surface area contributed by atoms with Gasteiger partial charge in [-0.1, -0.05) is 11.6 Å². The Kier molecular flexibility index (Phi) is 4.73. The van der Waals surface area contributed by atoms with Gasteiger partial charge in [-0.2, -0.15) is 0 Å². The first-order valence-corrected chi connectivity index (χ1v) is 7.03. The number of ether oxygens (including phenoxy) is 2. The van der Waals surface area contributed by atoms with E-state index >= 15 is 0 Å². The number of benzene rings is 1. The lowest BCUT2D eigenvalue weighted by atomic mass is 10.2. The van der Waals surface area contributed by atoms with Crippen molar-refractivity contribution in [2.24, 2.45) is 0 Å². The minimum absolute atomic E-state index is 0.495. The standard InChI is InChI=1S/C14H14BrClN2O2/c1-8-4-14(17-7-9(8)15)18-11-6-12(19-2)10(16)5-13(11)20-3/h4-7H,1-3H3,(H,17,18). The summed E-state index contributed by atoms with van der Waals surface area (Å²) in [5, 5.41) is 3.69. The SMILES string of the molecule is COc1cc(Nc2cc(C)c(Br)cn2)c(OC)cc1Cl. The number of hydrogen-bond donors (Lipinski definition) is 1. The summed E-state index contributed by atoms with van der Waals surface area (Å²) in [5.41, 5.74) is 1.82. The van der Waals surface area contributed by atoms with Gasteiger partial charge in [-0.05, 0) is 34.5 Å². The Morgan fingerprint density at radius 2 is 1.85 bits per heavy atom. The zero-order valence-corrected chi connectivity index (χ0v) is 13.7. The van der Waals surface area contributed by atoms with Crippen LogP contribution in [0.2, 0.25) is 5.02 Å². The Morgan fingerprint density at radius 3 is 2.45 bits per heavy atom. The third-order valence-corrected chi connectivity index (χ3v) is 3.91. The second-order valence-electron chi connectivity index (χ2n) is 4.13. The number of methoxy groups -OCH3 is 2. The van der Waals surface area contributed by atoms with E-state index in [4.69, 9.17) is 21.1 Å². The number of halogens is 2. The molecule has 20 heavy (non-hydrogen) atoms. The van der Waals surface area contributed by atoms with Crippen molar-refractivity contribution in [3.8, 4) is 11.5 Å². The van der Waals surface area contributed by atoms with Gasteiger partial charge in [0.05, 0.1) is 24.9 Å². The van der Waals surface area contributed by atoms with E-state index in [1.54, 1.807) is 32.5 Å². The fourth-order valence-electron chi connectivity index (χ4n) is 1.70. The van der Waals surface area contributed by atoms with Gasteiger partial charge in [-0.25, -0.2) is 4.98 Å². The molecule has 0 spiro atoms. The Labute approximate surface area is 131 Å². The number of rotatable bonds is 4. The number of nitrogens with one attached hydrogen (secondary N) is 1. The Hall–Kier alpha value is -1.46. The third-order valence-electron chi connectivity index (χ3n) is 2.78. The normalized spacial score (nSPS) is 10.2. The molecule has 106 valence electrons. The van der Waals surface area contributed by atoms with Crippen molar-refractivity contribution in [1.29, 1.82) is 0 Å². The van der Waals surface area contributed by atoms with Crippen LogP contribution >= 0.6 is 27.5 Å². The van der Waals surface area contributed by atoms with Gasteiger partial charge in [0, 0.05) is 22.8 Å². The van der Waals surface area contributed by atoms with Gasteiger partial charge in [0.15, 0.2) is 0 Å². The molecular formula is C14H14BrClN2O2. The molecular weight excluding hydrogens is 344 g/mol. The summed E-state index contributed by atoms with van der Waals surface area (Å²) in [6, 6.07) is 5.42. The fraction of sp³-hybridized carbons (Fsp3) is 0.214. The van der Waals surface area contributed by atoms with Crippen LogP contribution in [0, 0.1) is 6.92 Å². The molecule has 6 heteroatoms. The van der Waals surface area contributed by atoms with Gasteiger partial charge in [-0.15, -0.1) is 0 Å². The summed E-state index contributed by atoms with van der Waals surface area (Å²) >= 11 is 9.50. The largest absolute Gasteiger partial charge is 0.495 e. The average molecular weight is 358 g/mol. The molecule has 0 amide bonds. The van der Waals surface area contributed by atoms with Crippen LogP contribution in [-0.4, -0.2) is 19.2 Å². The van der Waals surface area contributed by atoms with Crippen molar-refractivity contribution in [1.82, 2.24) is 4.98 Å². The smallest absolute Gasteiger partial charge is 0.144 e. The number of pyridine rings is 1. The minimum Gasteiger partial charge on any atom is -0.495 e. The van der Waals surface area contributed by atoms with Crippen LogP contribution in [0.25, 0.3) is 0 Å². The molecule has 2 aromatic rings. The number of hydrogen-bond acceptors (Lipinski definition) is 4. The molecule has 0 saturated heterocycles. The van der Waals surface area contributed by atoms with E-state index in [1.807, 2.05) is 13.0 Å². The Bertz CT molecular complexity index is 635. The summed E-state index contributed by atoms with van der Waals surface area (Å²) in [6.45, 7) is 2.00. The second kappa shape index (κ2) is 6.33. The molecule has 0 aliphatic carbocycles. The van der Waals surface area contributed by atoms with Crippen molar-refractivity contribution in [2.75, 3.05) is 19.5 Å². The number of aryl methyl sites for hydroxylation is 1. The average Bonchev–Trinajstić information content (AvgIpc) is 2.44. The predicted molar refractivity (Wildman–Crippen MR) is 84.5 cm³/mol. The van der Waals surface area contributed by atoms with Gasteiger partial charge >= 0.3 is 0 Å². The molecule has 1 aromatic carbocycles. The molecule has 1 heterocycles. The van der Waals surface area contributed by atoms with Crippen LogP contribution < -0.4 is 14.8 Å². The number of anilines is 2. The summed E-state index contributed by atoms with van der Waals surface area (Å²) in [6.07, 6.45) is 1.75. The van der Waals surface area contributed by atoms with Crippen molar-refractivity contribution in [3.63, 3.8) is 0 Å². The summed E-state index contributed by atoms with van der Waals surface area (Å²) < 4.78 is 11.5. The third kappa shape index (κ3) is 3.16. The van der Waals surface area contributed by atoms with Crippen LogP contribution in [-0.2, 0) is 0 Å². The first-order chi connectivity index (χ1) is 9.55. The highest BCUT2D eigenvalue weighted by molar-refractivity contribution is 9.10. The molecule has 0 aliphatic heterocycles. The lowest BCUT2D eigenvalue weighted by Crippen LogP contribution is -1.98. The van der Waals surface area contributed by atoms with Gasteiger partial charge in [0.1, 0.15) is 17.3 Å². The van der Waals surface area contributed by atoms with E-state index in [0.717, 1.165) is 15.7 Å². The first-order valence-electron chi connectivity index (χ1n) is 5.86. The fourth-order valence-corrected chi connectivity index (χ4v) is 2.15. The van der Waals surface area contributed by atoms with E-state index in [2.05, 4.69) is 26.2 Å². The van der Waals surface area contributed by atoms with Crippen molar-refractivity contribution in [2.45, 2.75) is 6.92 Å². The quantitative estimate of drug-likeness (QED) is 0.870. The molecule has 0 saturated carbocycles. The van der Waals surface area contributed by atoms with E-state index < -0.39 is 0 Å². The van der Waals surface area contributed by atoms with E-state index in [-0.39, 0.29) is 0 Å². The van der Waals surface area contributed by atoms with Crippen LogP contribution in [0.3, 0.4) is 0 Å². The van der Waals surface area contributed by atoms with Gasteiger partial charge in [0.2, 0.25) is 0 Å². The van der Waals surface area contributed by atoms with Crippen molar-refractivity contribution >= 4 is 39.0 Å². The molecule has 2 rings (SSSR count). The molecule has 0 atom stereocenters. The molecule has 0 unspecified atom stereocenters. The lowest BCUT2D eigenvalue weighted by Gasteiger charge is -2.14. The van der Waals surface area contributed by atoms with Crippen LogP contribution in [0.4, 0.5) is 11.5 Å². The minimum atomic E-state index is 0.495. The van der Waals surface area contributed by atoms with Crippen LogP contribution in [0.5, 0.6) is 11.5 Å². The maximum absolute atomic E-state index is 6.07.